The van der Waals surface area contributed by atoms with Crippen LogP contribution in [0.3, 0.4) is 0 Å². The third-order valence-corrected chi connectivity index (χ3v) is 20.9. The summed E-state index contributed by atoms with van der Waals surface area (Å²) < 4.78 is 68.6. The van der Waals surface area contributed by atoms with Gasteiger partial charge in [0.25, 0.3) is 0 Å². The molecule has 100 heavy (non-hydrogen) atoms. The van der Waals surface area contributed by atoms with Gasteiger partial charge in [-0.2, -0.15) is 0 Å². The Bertz CT molecular complexity index is 1920. The number of hydrogen-bond donors (Lipinski definition) is 3. The van der Waals surface area contributed by atoms with E-state index in [1.165, 1.54) is 244 Å². The lowest BCUT2D eigenvalue weighted by atomic mass is 10.0. The van der Waals surface area contributed by atoms with Crippen LogP contribution < -0.4 is 0 Å². The van der Waals surface area contributed by atoms with Gasteiger partial charge in [-0.15, -0.1) is 0 Å². The van der Waals surface area contributed by atoms with Gasteiger partial charge in [-0.05, 0) is 37.5 Å². The van der Waals surface area contributed by atoms with E-state index in [-0.39, 0.29) is 25.7 Å². The highest BCUT2D eigenvalue weighted by molar-refractivity contribution is 7.47. The minimum Gasteiger partial charge on any atom is -0.462 e. The second kappa shape index (κ2) is 72.6. The monoisotopic (exact) mass is 1470 g/mol. The molecule has 0 saturated carbocycles. The number of unbranched alkanes of at least 4 members (excludes halogenated alkanes) is 50. The van der Waals surface area contributed by atoms with Gasteiger partial charge in [0.05, 0.1) is 26.4 Å². The van der Waals surface area contributed by atoms with Gasteiger partial charge < -0.3 is 33.8 Å². The Hall–Kier alpha value is -1.94. The highest BCUT2D eigenvalue weighted by Gasteiger charge is 2.30. The second-order valence-corrected chi connectivity index (χ2v) is 33.0. The molecule has 0 spiro atoms. The Balaban J connectivity index is 5.16. The van der Waals surface area contributed by atoms with Crippen LogP contribution in [0.5, 0.6) is 0 Å². The van der Waals surface area contributed by atoms with Crippen LogP contribution in [0.25, 0.3) is 0 Å². The lowest BCUT2D eigenvalue weighted by Gasteiger charge is -2.21. The van der Waals surface area contributed by atoms with Gasteiger partial charge >= 0.3 is 39.5 Å². The van der Waals surface area contributed by atoms with Gasteiger partial charge in [0, 0.05) is 25.7 Å². The number of hydrogen-bond acceptors (Lipinski definition) is 15. The van der Waals surface area contributed by atoms with Crippen LogP contribution in [0.15, 0.2) is 0 Å². The maximum absolute atomic E-state index is 13.1. The molecule has 594 valence electrons. The Kier molecular flexibility index (Phi) is 71.2. The fourth-order valence-electron chi connectivity index (χ4n) is 12.5. The molecule has 0 aliphatic rings. The molecule has 0 amide bonds. The van der Waals surface area contributed by atoms with E-state index in [0.717, 1.165) is 95.8 Å². The number of carbonyl (C=O) groups excluding carboxylic acids is 4. The van der Waals surface area contributed by atoms with Crippen molar-refractivity contribution in [2.75, 3.05) is 39.6 Å². The molecule has 0 rings (SSSR count). The zero-order chi connectivity index (χ0) is 73.5. The molecule has 19 heteroatoms. The molecule has 0 radical (unpaired) electrons. The van der Waals surface area contributed by atoms with Crippen LogP contribution in [0.2, 0.25) is 0 Å². The molecule has 3 N–H and O–H groups in total. The number of carbonyl (C=O) groups is 4. The minimum atomic E-state index is -4.96. The second-order valence-electron chi connectivity index (χ2n) is 30.1. The van der Waals surface area contributed by atoms with Gasteiger partial charge in [-0.3, -0.25) is 37.3 Å². The third kappa shape index (κ3) is 74.3. The van der Waals surface area contributed by atoms with Crippen molar-refractivity contribution in [3.63, 3.8) is 0 Å². The number of aliphatic hydroxyl groups is 1. The molecule has 0 heterocycles. The van der Waals surface area contributed by atoms with Crippen molar-refractivity contribution in [1.82, 2.24) is 0 Å². The number of ether oxygens (including phenoxy) is 4. The average molecular weight is 1470 g/mol. The highest BCUT2D eigenvalue weighted by Crippen LogP contribution is 2.45. The summed E-state index contributed by atoms with van der Waals surface area (Å²) in [5, 5.41) is 10.6. The smallest absolute Gasteiger partial charge is 0.462 e. The van der Waals surface area contributed by atoms with E-state index in [2.05, 4.69) is 41.5 Å². The standard InChI is InChI=1S/C81H158O17P2/c1-7-9-11-13-15-17-18-19-20-21-22-23-24-25-26-31-34-37-41-47-53-59-65-80(85)97-76(69-92-79(84)64-58-52-46-40-36-33-30-28-27-29-32-35-39-43-49-55-61-73(3)4)71-95-99(87,88)93-67-75(82)68-94-100(89,90)96-72-77(70-91-78(83)63-57-51-45-38-16-14-12-10-8-2)98-81(86)66-60-54-48-42-44-50-56-62-74(5)6/h73-77,82H,7-72H2,1-6H3,(H,87,88)(H,89,90)/t75-,76-,77-/m1/s1. The van der Waals surface area contributed by atoms with Crippen LogP contribution in [-0.4, -0.2) is 96.7 Å². The van der Waals surface area contributed by atoms with Crippen molar-refractivity contribution in [3.8, 4) is 0 Å². The molecule has 0 aromatic carbocycles. The zero-order valence-electron chi connectivity index (χ0n) is 65.5. The van der Waals surface area contributed by atoms with E-state index in [4.69, 9.17) is 37.0 Å². The van der Waals surface area contributed by atoms with Crippen LogP contribution in [0.4, 0.5) is 0 Å². The number of rotatable bonds is 80. The van der Waals surface area contributed by atoms with Crippen molar-refractivity contribution in [2.24, 2.45) is 11.8 Å². The van der Waals surface area contributed by atoms with Gasteiger partial charge in [0.15, 0.2) is 12.2 Å². The van der Waals surface area contributed by atoms with Crippen LogP contribution in [0.1, 0.15) is 427 Å². The average Bonchev–Trinajstić information content (AvgIpc) is 0.948. The normalized spacial score (nSPS) is 13.9. The van der Waals surface area contributed by atoms with E-state index >= 15 is 0 Å². The van der Waals surface area contributed by atoms with Crippen LogP contribution in [-0.2, 0) is 65.4 Å². The maximum Gasteiger partial charge on any atom is 0.472 e. The summed E-state index contributed by atoms with van der Waals surface area (Å²) in [4.78, 5) is 72.9. The first-order chi connectivity index (χ1) is 48.4. The van der Waals surface area contributed by atoms with Gasteiger partial charge in [-0.25, -0.2) is 9.13 Å². The molecule has 0 fully saturated rings. The first-order valence-corrected chi connectivity index (χ1v) is 45.0. The molecule has 0 saturated heterocycles. The molecule has 0 aliphatic heterocycles. The molecule has 17 nitrogen and oxygen atoms in total. The van der Waals surface area contributed by atoms with Crippen molar-refractivity contribution in [1.29, 1.82) is 0 Å². The Labute approximate surface area is 613 Å². The summed E-state index contributed by atoms with van der Waals surface area (Å²) >= 11 is 0. The Morgan fingerprint density at radius 2 is 0.460 bits per heavy atom. The van der Waals surface area contributed by atoms with Crippen molar-refractivity contribution < 1.29 is 80.2 Å². The van der Waals surface area contributed by atoms with E-state index < -0.39 is 97.5 Å². The minimum absolute atomic E-state index is 0.104. The fourth-order valence-corrected chi connectivity index (χ4v) is 14.1. The maximum atomic E-state index is 13.1. The highest BCUT2D eigenvalue weighted by atomic mass is 31.2. The lowest BCUT2D eigenvalue weighted by Crippen LogP contribution is -2.30. The largest absolute Gasteiger partial charge is 0.472 e. The molecule has 5 atom stereocenters. The molecule has 2 unspecified atom stereocenters. The summed E-state index contributed by atoms with van der Waals surface area (Å²) in [6.07, 6.45) is 62.8. The predicted molar refractivity (Wildman–Crippen MR) is 409 cm³/mol. The van der Waals surface area contributed by atoms with Gasteiger partial charge in [0.2, 0.25) is 0 Å². The zero-order valence-corrected chi connectivity index (χ0v) is 67.3. The molecule has 0 aromatic heterocycles. The predicted octanol–water partition coefficient (Wildman–Crippen LogP) is 24.3. The number of phosphoric ester groups is 2. The summed E-state index contributed by atoms with van der Waals surface area (Å²) in [5.41, 5.74) is 0. The van der Waals surface area contributed by atoms with E-state index in [1.807, 2.05) is 0 Å². The van der Waals surface area contributed by atoms with Crippen molar-refractivity contribution >= 4 is 39.5 Å². The van der Waals surface area contributed by atoms with Crippen LogP contribution >= 0.6 is 15.6 Å². The summed E-state index contributed by atoms with van der Waals surface area (Å²) in [5.74, 6) is -0.606. The first-order valence-electron chi connectivity index (χ1n) is 42.0. The summed E-state index contributed by atoms with van der Waals surface area (Å²) in [6, 6.07) is 0. The summed E-state index contributed by atoms with van der Waals surface area (Å²) in [6.45, 7) is 9.57. The molecular formula is C81H158O17P2. The van der Waals surface area contributed by atoms with Gasteiger partial charge in [0.1, 0.15) is 19.3 Å². The van der Waals surface area contributed by atoms with Crippen molar-refractivity contribution in [3.05, 3.63) is 0 Å². The molecule has 0 aliphatic carbocycles. The van der Waals surface area contributed by atoms with E-state index in [9.17, 15) is 43.2 Å². The number of phosphoric acid groups is 2. The van der Waals surface area contributed by atoms with Crippen molar-refractivity contribution in [2.45, 2.75) is 445 Å². The Morgan fingerprint density at radius 3 is 0.680 bits per heavy atom. The van der Waals surface area contributed by atoms with Gasteiger partial charge in [-0.1, -0.05) is 375 Å². The van der Waals surface area contributed by atoms with Crippen LogP contribution in [0, 0.1) is 11.8 Å². The SMILES string of the molecule is CCCCCCCCCCCCCCCCCCCCCCCCC(=O)O[C@H](COC(=O)CCCCCCCCCCCCCCCCCCC(C)C)COP(=O)(O)OC[C@@H](O)COP(=O)(O)OC[C@@H](COC(=O)CCCCCCCCCCC)OC(=O)CCCCCCCCCC(C)C. The molecule has 0 bridgehead atoms. The van der Waals surface area contributed by atoms with E-state index in [0.29, 0.717) is 31.6 Å². The fraction of sp³-hybridized carbons (Fsp3) is 0.951. The quantitative estimate of drug-likeness (QED) is 0.0222. The summed E-state index contributed by atoms with van der Waals surface area (Å²) in [7, 11) is -9.91. The number of aliphatic hydroxyl groups excluding tert-OH is 1. The molecular weight excluding hydrogens is 1310 g/mol. The molecule has 0 aromatic rings. The first kappa shape index (κ1) is 98.1. The van der Waals surface area contributed by atoms with E-state index in [1.54, 1.807) is 0 Å². The lowest BCUT2D eigenvalue weighted by molar-refractivity contribution is -0.161. The number of esters is 4. The Morgan fingerprint density at radius 1 is 0.270 bits per heavy atom. The third-order valence-electron chi connectivity index (χ3n) is 19.0. The topological polar surface area (TPSA) is 237 Å².